The van der Waals surface area contributed by atoms with Gasteiger partial charge in [-0.25, -0.2) is 4.79 Å². The maximum atomic E-state index is 10.3. The Balaban J connectivity index is 0.000000155. The Morgan fingerprint density at radius 2 is 1.29 bits per heavy atom. The van der Waals surface area contributed by atoms with Crippen molar-refractivity contribution in [1.82, 2.24) is 0 Å². The number of para-hydroxylation sites is 1. The maximum Gasteiger partial charge on any atom is 0.339 e. The zero-order valence-corrected chi connectivity index (χ0v) is 11.1. The highest BCUT2D eigenvalue weighted by Crippen LogP contribution is 2.22. The Morgan fingerprint density at radius 1 is 0.714 bits per heavy atom. The van der Waals surface area contributed by atoms with Crippen LogP contribution < -0.4 is 0 Å². The molecule has 3 rings (SSSR count). The standard InChI is InChI=1S/C10H8O.C7H6O3/c11-10-7-3-5-8-4-1-2-6-9(8)10;8-6-4-2-1-3-5(6)7(9)10/h1-7,11H;1-4,8H,(H,9,10). The number of benzene rings is 3. The van der Waals surface area contributed by atoms with E-state index in [1.54, 1.807) is 18.2 Å². The Morgan fingerprint density at radius 3 is 1.90 bits per heavy atom. The smallest absolute Gasteiger partial charge is 0.339 e. The number of phenolic OH excluding ortho intramolecular Hbond substituents is 1. The molecule has 0 aliphatic carbocycles. The Labute approximate surface area is 121 Å². The summed E-state index contributed by atoms with van der Waals surface area (Å²) in [7, 11) is 0. The lowest BCUT2D eigenvalue weighted by Gasteiger charge is -1.97. The summed E-state index contributed by atoms with van der Waals surface area (Å²) in [6, 6.07) is 19.1. The fraction of sp³-hybridized carbons (Fsp3) is 0. The molecule has 0 heterocycles. The van der Waals surface area contributed by atoms with Crippen LogP contribution in [0.4, 0.5) is 0 Å². The number of carboxylic acids is 1. The average molecular weight is 282 g/mol. The number of fused-ring (bicyclic) bond motifs is 1. The van der Waals surface area contributed by atoms with E-state index in [4.69, 9.17) is 10.2 Å². The summed E-state index contributed by atoms with van der Waals surface area (Å²) < 4.78 is 0. The molecule has 0 aromatic heterocycles. The Bertz CT molecular complexity index is 760. The van der Waals surface area contributed by atoms with Crippen LogP contribution in [0.3, 0.4) is 0 Å². The van der Waals surface area contributed by atoms with E-state index in [-0.39, 0.29) is 11.3 Å². The van der Waals surface area contributed by atoms with Gasteiger partial charge in [0.15, 0.2) is 0 Å². The summed E-state index contributed by atoms with van der Waals surface area (Å²) in [6.45, 7) is 0. The molecule has 0 atom stereocenters. The normalized spacial score (nSPS) is 9.71. The van der Waals surface area contributed by atoms with Crippen molar-refractivity contribution in [2.45, 2.75) is 0 Å². The minimum Gasteiger partial charge on any atom is -0.507 e. The number of carboxylic acid groups (broad SMARTS) is 1. The van der Waals surface area contributed by atoms with Crippen molar-refractivity contribution in [2.75, 3.05) is 0 Å². The Hall–Kier alpha value is -3.01. The van der Waals surface area contributed by atoms with E-state index in [0.717, 1.165) is 10.8 Å². The first kappa shape index (κ1) is 14.4. The van der Waals surface area contributed by atoms with E-state index >= 15 is 0 Å². The van der Waals surface area contributed by atoms with Crippen molar-refractivity contribution in [1.29, 1.82) is 0 Å². The monoisotopic (exact) mass is 282 g/mol. The van der Waals surface area contributed by atoms with Gasteiger partial charge in [-0.3, -0.25) is 0 Å². The molecule has 21 heavy (non-hydrogen) atoms. The van der Waals surface area contributed by atoms with E-state index in [9.17, 15) is 9.90 Å². The lowest BCUT2D eigenvalue weighted by molar-refractivity contribution is 0.0693. The highest BCUT2D eigenvalue weighted by atomic mass is 16.4. The van der Waals surface area contributed by atoms with Gasteiger partial charge < -0.3 is 15.3 Å². The second kappa shape index (κ2) is 6.43. The summed E-state index contributed by atoms with van der Waals surface area (Å²) in [4.78, 5) is 10.3. The third kappa shape index (κ3) is 3.51. The molecular formula is C17H14O4. The first-order chi connectivity index (χ1) is 10.1. The van der Waals surface area contributed by atoms with Gasteiger partial charge in [0.25, 0.3) is 0 Å². The number of phenols is 2. The lowest BCUT2D eigenvalue weighted by Crippen LogP contribution is -1.95. The third-order valence-corrected chi connectivity index (χ3v) is 2.90. The molecule has 0 amide bonds. The molecule has 0 fully saturated rings. The van der Waals surface area contributed by atoms with E-state index in [0.29, 0.717) is 5.75 Å². The van der Waals surface area contributed by atoms with Crippen LogP contribution in [0, 0.1) is 0 Å². The Kier molecular flexibility index (Phi) is 4.41. The third-order valence-electron chi connectivity index (χ3n) is 2.90. The number of hydrogen-bond acceptors (Lipinski definition) is 3. The average Bonchev–Trinajstić information content (AvgIpc) is 2.49. The van der Waals surface area contributed by atoms with Crippen LogP contribution in [-0.4, -0.2) is 21.3 Å². The summed E-state index contributed by atoms with van der Waals surface area (Å²) in [6.07, 6.45) is 0. The molecule has 0 saturated carbocycles. The zero-order chi connectivity index (χ0) is 15.2. The molecule has 4 heteroatoms. The lowest BCUT2D eigenvalue weighted by atomic mass is 10.1. The number of hydrogen-bond donors (Lipinski definition) is 3. The molecule has 4 nitrogen and oxygen atoms in total. The molecule has 3 aromatic rings. The number of rotatable bonds is 1. The van der Waals surface area contributed by atoms with Gasteiger partial charge in [-0.05, 0) is 23.6 Å². The highest BCUT2D eigenvalue weighted by molar-refractivity contribution is 5.90. The fourth-order valence-electron chi connectivity index (χ4n) is 1.86. The van der Waals surface area contributed by atoms with E-state index in [1.807, 2.05) is 36.4 Å². The van der Waals surface area contributed by atoms with Crippen molar-refractivity contribution >= 4 is 16.7 Å². The summed E-state index contributed by atoms with van der Waals surface area (Å²) >= 11 is 0. The van der Waals surface area contributed by atoms with Gasteiger partial charge in [-0.15, -0.1) is 0 Å². The van der Waals surface area contributed by atoms with E-state index < -0.39 is 5.97 Å². The molecule has 106 valence electrons. The number of carbonyl (C=O) groups is 1. The van der Waals surface area contributed by atoms with Crippen LogP contribution in [0.1, 0.15) is 10.4 Å². The molecule has 0 saturated heterocycles. The summed E-state index contributed by atoms with van der Waals surface area (Å²) in [5.41, 5.74) is -0.0671. The first-order valence-corrected chi connectivity index (χ1v) is 6.27. The molecule has 0 radical (unpaired) electrons. The van der Waals surface area contributed by atoms with Crippen LogP contribution in [0.15, 0.2) is 66.7 Å². The first-order valence-electron chi connectivity index (χ1n) is 6.27. The van der Waals surface area contributed by atoms with Gasteiger partial charge in [-0.2, -0.15) is 0 Å². The van der Waals surface area contributed by atoms with Crippen LogP contribution in [0.5, 0.6) is 11.5 Å². The van der Waals surface area contributed by atoms with Gasteiger partial charge >= 0.3 is 5.97 Å². The van der Waals surface area contributed by atoms with Crippen molar-refractivity contribution in [3.8, 4) is 11.5 Å². The fourth-order valence-corrected chi connectivity index (χ4v) is 1.86. The molecule has 0 aliphatic rings. The second-order valence-electron chi connectivity index (χ2n) is 4.32. The van der Waals surface area contributed by atoms with E-state index in [2.05, 4.69) is 0 Å². The predicted octanol–water partition coefficient (Wildman–Crippen LogP) is 3.64. The van der Waals surface area contributed by atoms with Crippen LogP contribution in [0.2, 0.25) is 0 Å². The molecule has 0 aliphatic heterocycles. The number of aromatic carboxylic acids is 1. The van der Waals surface area contributed by atoms with Crippen LogP contribution >= 0.6 is 0 Å². The molecule has 0 spiro atoms. The topological polar surface area (TPSA) is 77.8 Å². The largest absolute Gasteiger partial charge is 0.507 e. The summed E-state index contributed by atoms with van der Waals surface area (Å²) in [5, 5.41) is 28.7. The molecule has 0 bridgehead atoms. The maximum absolute atomic E-state index is 10.3. The quantitative estimate of drug-likeness (QED) is 0.637. The van der Waals surface area contributed by atoms with Crippen molar-refractivity contribution < 1.29 is 20.1 Å². The minimum atomic E-state index is -1.11. The van der Waals surface area contributed by atoms with Gasteiger partial charge in [0, 0.05) is 5.39 Å². The number of aromatic hydroxyl groups is 2. The van der Waals surface area contributed by atoms with Crippen LogP contribution in [0.25, 0.3) is 10.8 Å². The molecule has 0 unspecified atom stereocenters. The van der Waals surface area contributed by atoms with Gasteiger partial charge in [0.05, 0.1) is 0 Å². The van der Waals surface area contributed by atoms with Gasteiger partial charge in [0.1, 0.15) is 17.1 Å². The van der Waals surface area contributed by atoms with Crippen LogP contribution in [-0.2, 0) is 0 Å². The molecule has 3 N–H and O–H groups in total. The molecule has 3 aromatic carbocycles. The van der Waals surface area contributed by atoms with Gasteiger partial charge in [-0.1, -0.05) is 48.5 Å². The van der Waals surface area contributed by atoms with Crippen molar-refractivity contribution in [3.05, 3.63) is 72.3 Å². The minimum absolute atomic E-state index is 0.0671. The highest BCUT2D eigenvalue weighted by Gasteiger charge is 2.05. The SMILES string of the molecule is O=C(O)c1ccccc1O.Oc1cccc2ccccc12. The molecular weight excluding hydrogens is 268 g/mol. The summed E-state index contributed by atoms with van der Waals surface area (Å²) in [5.74, 6) is -0.962. The van der Waals surface area contributed by atoms with E-state index in [1.165, 1.54) is 12.1 Å². The van der Waals surface area contributed by atoms with Crippen molar-refractivity contribution in [2.24, 2.45) is 0 Å². The second-order valence-corrected chi connectivity index (χ2v) is 4.32. The van der Waals surface area contributed by atoms with Crippen molar-refractivity contribution in [3.63, 3.8) is 0 Å². The predicted molar refractivity (Wildman–Crippen MR) is 80.7 cm³/mol. The zero-order valence-electron chi connectivity index (χ0n) is 11.1. The van der Waals surface area contributed by atoms with Gasteiger partial charge in [0.2, 0.25) is 0 Å².